The number of likely N-dealkylation sites (N-methyl/N-ethyl adjacent to an activating group) is 1. The third kappa shape index (κ3) is 6.42. The summed E-state index contributed by atoms with van der Waals surface area (Å²) in [7, 11) is 0. The molecule has 2 aromatic rings. The van der Waals surface area contributed by atoms with Crippen LogP contribution < -0.4 is 20.7 Å². The first-order chi connectivity index (χ1) is 13.4. The molecule has 2 rings (SSSR count). The summed E-state index contributed by atoms with van der Waals surface area (Å²) in [5.74, 6) is -0.433. The zero-order valence-electron chi connectivity index (χ0n) is 16.2. The van der Waals surface area contributed by atoms with Gasteiger partial charge < -0.3 is 20.7 Å². The minimum atomic E-state index is -0.729. The van der Waals surface area contributed by atoms with Gasteiger partial charge in [0.25, 0.3) is 11.8 Å². The van der Waals surface area contributed by atoms with Gasteiger partial charge in [-0.15, -0.1) is 0 Å². The second-order valence-electron chi connectivity index (χ2n) is 6.32. The highest BCUT2D eigenvalue weighted by Gasteiger charge is 2.17. The predicted octanol–water partition coefficient (Wildman–Crippen LogP) is 2.27. The van der Waals surface area contributed by atoms with Gasteiger partial charge in [-0.05, 0) is 45.0 Å². The molecule has 3 amide bonds. The van der Waals surface area contributed by atoms with Gasteiger partial charge in [-0.25, -0.2) is 0 Å². The van der Waals surface area contributed by atoms with Crippen LogP contribution in [-0.2, 0) is 9.59 Å². The van der Waals surface area contributed by atoms with Gasteiger partial charge in [-0.1, -0.05) is 23.8 Å². The van der Waals surface area contributed by atoms with Gasteiger partial charge in [0.15, 0.2) is 6.61 Å². The number of amides is 3. The average molecular weight is 383 g/mol. The molecule has 0 radical (unpaired) electrons. The molecule has 0 saturated carbocycles. The quantitative estimate of drug-likeness (QED) is 0.651. The number of nitrogens with one attached hydrogen (secondary N) is 3. The largest absolute Gasteiger partial charge is 0.484 e. The van der Waals surface area contributed by atoms with Crippen molar-refractivity contribution in [2.75, 3.05) is 18.5 Å². The van der Waals surface area contributed by atoms with E-state index in [0.29, 0.717) is 23.5 Å². The van der Waals surface area contributed by atoms with Gasteiger partial charge in [-0.2, -0.15) is 0 Å². The molecule has 0 aliphatic rings. The Hall–Kier alpha value is -3.35. The fourth-order valence-electron chi connectivity index (χ4n) is 2.44. The highest BCUT2D eigenvalue weighted by Crippen LogP contribution is 2.17. The summed E-state index contributed by atoms with van der Waals surface area (Å²) >= 11 is 0. The molecule has 148 valence electrons. The molecule has 0 bridgehead atoms. The fourth-order valence-corrected chi connectivity index (χ4v) is 2.44. The van der Waals surface area contributed by atoms with Crippen molar-refractivity contribution in [2.24, 2.45) is 0 Å². The van der Waals surface area contributed by atoms with E-state index < -0.39 is 6.04 Å². The van der Waals surface area contributed by atoms with Crippen molar-refractivity contribution in [3.05, 3.63) is 59.7 Å². The number of hydrogen-bond donors (Lipinski definition) is 3. The second-order valence-corrected chi connectivity index (χ2v) is 6.32. The van der Waals surface area contributed by atoms with Crippen molar-refractivity contribution >= 4 is 23.4 Å². The summed E-state index contributed by atoms with van der Waals surface area (Å²) in [6.45, 7) is 5.76. The lowest BCUT2D eigenvalue weighted by Crippen LogP contribution is -2.41. The number of carbonyl (C=O) groups excluding carboxylic acids is 3. The number of hydrogen-bond acceptors (Lipinski definition) is 4. The highest BCUT2D eigenvalue weighted by atomic mass is 16.5. The summed E-state index contributed by atoms with van der Waals surface area (Å²) < 4.78 is 5.40. The van der Waals surface area contributed by atoms with Gasteiger partial charge in [0.1, 0.15) is 11.8 Å². The normalized spacial score (nSPS) is 11.2. The van der Waals surface area contributed by atoms with Gasteiger partial charge >= 0.3 is 0 Å². The first-order valence-corrected chi connectivity index (χ1v) is 9.07. The van der Waals surface area contributed by atoms with Gasteiger partial charge in [0, 0.05) is 23.9 Å². The molecule has 0 aromatic heterocycles. The Bertz CT molecular complexity index is 851. The Morgan fingerprint density at radius 1 is 1.07 bits per heavy atom. The number of ether oxygens (including phenoxy) is 1. The van der Waals surface area contributed by atoms with Crippen molar-refractivity contribution in [3.63, 3.8) is 0 Å². The second kappa shape index (κ2) is 10.1. The molecule has 0 aliphatic carbocycles. The molecule has 3 N–H and O–H groups in total. The van der Waals surface area contributed by atoms with E-state index in [2.05, 4.69) is 16.0 Å². The maximum Gasteiger partial charge on any atom is 0.257 e. The summed E-state index contributed by atoms with van der Waals surface area (Å²) in [5, 5.41) is 8.04. The Labute approximate surface area is 164 Å². The van der Waals surface area contributed by atoms with E-state index in [1.54, 1.807) is 49.4 Å². The minimum absolute atomic E-state index is 0.103. The smallest absolute Gasteiger partial charge is 0.257 e. The van der Waals surface area contributed by atoms with Crippen molar-refractivity contribution in [2.45, 2.75) is 26.8 Å². The molecule has 0 spiro atoms. The SMILES string of the molecule is CCNC(=O)COc1cccc(NC(=O)[C@H](C)NC(=O)c2cccc(C)c2)c1. The van der Waals surface area contributed by atoms with Crippen LogP contribution in [0, 0.1) is 6.92 Å². The molecule has 28 heavy (non-hydrogen) atoms. The number of carbonyl (C=O) groups is 3. The van der Waals surface area contributed by atoms with Crippen LogP contribution in [-0.4, -0.2) is 36.9 Å². The highest BCUT2D eigenvalue weighted by molar-refractivity contribution is 6.01. The molecule has 7 nitrogen and oxygen atoms in total. The van der Waals surface area contributed by atoms with Crippen LogP contribution in [0.4, 0.5) is 5.69 Å². The van der Waals surface area contributed by atoms with Crippen LogP contribution in [0.25, 0.3) is 0 Å². The van der Waals surface area contributed by atoms with Crippen molar-refractivity contribution in [3.8, 4) is 5.75 Å². The summed E-state index contributed by atoms with van der Waals surface area (Å²) in [6.07, 6.45) is 0. The molecule has 0 aliphatic heterocycles. The molecular formula is C21H25N3O4. The number of aryl methyl sites for hydroxylation is 1. The zero-order chi connectivity index (χ0) is 20.5. The van der Waals surface area contributed by atoms with Gasteiger partial charge in [0.05, 0.1) is 0 Å². The Balaban J connectivity index is 1.91. The topological polar surface area (TPSA) is 96.5 Å². The Morgan fingerprint density at radius 2 is 1.82 bits per heavy atom. The Morgan fingerprint density at radius 3 is 2.54 bits per heavy atom. The molecule has 7 heteroatoms. The lowest BCUT2D eigenvalue weighted by Gasteiger charge is -2.15. The molecular weight excluding hydrogens is 358 g/mol. The fraction of sp³-hybridized carbons (Fsp3) is 0.286. The van der Waals surface area contributed by atoms with Crippen LogP contribution in [0.2, 0.25) is 0 Å². The molecule has 0 heterocycles. The summed E-state index contributed by atoms with van der Waals surface area (Å²) in [4.78, 5) is 36.1. The number of benzene rings is 2. The molecule has 1 atom stereocenters. The van der Waals surface area contributed by atoms with E-state index in [4.69, 9.17) is 4.74 Å². The van der Waals surface area contributed by atoms with E-state index in [-0.39, 0.29) is 24.3 Å². The standard InChI is InChI=1S/C21H25N3O4/c1-4-22-19(25)13-28-18-10-6-9-17(12-18)24-20(26)15(3)23-21(27)16-8-5-7-14(2)11-16/h5-12,15H,4,13H2,1-3H3,(H,22,25)(H,23,27)(H,24,26)/t15-/m0/s1. The summed E-state index contributed by atoms with van der Waals surface area (Å²) in [5.41, 5.74) is 1.98. The lowest BCUT2D eigenvalue weighted by atomic mass is 10.1. The van der Waals surface area contributed by atoms with Crippen molar-refractivity contribution in [1.82, 2.24) is 10.6 Å². The van der Waals surface area contributed by atoms with Crippen LogP contribution >= 0.6 is 0 Å². The van der Waals surface area contributed by atoms with Crippen molar-refractivity contribution in [1.29, 1.82) is 0 Å². The third-order valence-corrected chi connectivity index (χ3v) is 3.87. The third-order valence-electron chi connectivity index (χ3n) is 3.87. The lowest BCUT2D eigenvalue weighted by molar-refractivity contribution is -0.123. The van der Waals surface area contributed by atoms with Gasteiger partial charge in [0.2, 0.25) is 5.91 Å². The van der Waals surface area contributed by atoms with E-state index in [1.165, 1.54) is 0 Å². The summed E-state index contributed by atoms with van der Waals surface area (Å²) in [6, 6.07) is 13.1. The van der Waals surface area contributed by atoms with Crippen molar-refractivity contribution < 1.29 is 19.1 Å². The van der Waals surface area contributed by atoms with Crippen LogP contribution in [0.5, 0.6) is 5.75 Å². The molecule has 0 unspecified atom stereocenters. The molecule has 0 saturated heterocycles. The predicted molar refractivity (Wildman–Crippen MR) is 107 cm³/mol. The molecule has 0 fully saturated rings. The maximum absolute atomic E-state index is 12.4. The van der Waals surface area contributed by atoms with E-state index >= 15 is 0 Å². The first kappa shape index (κ1) is 21.0. The molecule has 2 aromatic carbocycles. The van der Waals surface area contributed by atoms with Gasteiger partial charge in [-0.3, -0.25) is 14.4 Å². The van der Waals surface area contributed by atoms with Crippen LogP contribution in [0.15, 0.2) is 48.5 Å². The number of anilines is 1. The van der Waals surface area contributed by atoms with E-state index in [9.17, 15) is 14.4 Å². The van der Waals surface area contributed by atoms with E-state index in [0.717, 1.165) is 5.56 Å². The monoisotopic (exact) mass is 383 g/mol. The van der Waals surface area contributed by atoms with E-state index in [1.807, 2.05) is 19.9 Å². The minimum Gasteiger partial charge on any atom is -0.484 e. The van der Waals surface area contributed by atoms with Crippen LogP contribution in [0.3, 0.4) is 0 Å². The Kier molecular flexibility index (Phi) is 7.56. The van der Waals surface area contributed by atoms with Crippen LogP contribution in [0.1, 0.15) is 29.8 Å². The maximum atomic E-state index is 12.4. The first-order valence-electron chi connectivity index (χ1n) is 9.07. The number of rotatable bonds is 8. The average Bonchev–Trinajstić information content (AvgIpc) is 2.67. The zero-order valence-corrected chi connectivity index (χ0v) is 16.2.